The second-order valence-corrected chi connectivity index (χ2v) is 5.68. The fraction of sp³-hybridized carbons (Fsp3) is 0.312. The third-order valence-corrected chi connectivity index (χ3v) is 3.99. The molecule has 1 atom stereocenters. The van der Waals surface area contributed by atoms with Gasteiger partial charge in [0.1, 0.15) is 0 Å². The van der Waals surface area contributed by atoms with Crippen LogP contribution in [0.4, 0.5) is 17.2 Å². The molecule has 0 bridgehead atoms. The van der Waals surface area contributed by atoms with E-state index in [4.69, 9.17) is 5.73 Å². The first-order chi connectivity index (χ1) is 10.5. The van der Waals surface area contributed by atoms with Crippen molar-refractivity contribution >= 4 is 17.2 Å². The molecule has 1 aliphatic carbocycles. The van der Waals surface area contributed by atoms with Gasteiger partial charge < -0.3 is 11.1 Å². The summed E-state index contributed by atoms with van der Waals surface area (Å²) in [6, 6.07) is 7.43. The summed E-state index contributed by atoms with van der Waals surface area (Å²) in [4.78, 5) is 15.0. The molecule has 1 aliphatic rings. The largest absolute Gasteiger partial charge is 0.399 e. The molecule has 22 heavy (non-hydrogen) atoms. The van der Waals surface area contributed by atoms with E-state index in [1.54, 1.807) is 19.2 Å². The van der Waals surface area contributed by atoms with Gasteiger partial charge in [-0.05, 0) is 55.0 Å². The molecule has 0 spiro atoms. The Morgan fingerprint density at radius 1 is 1.41 bits per heavy atom. The molecule has 6 nitrogen and oxygen atoms in total. The molecule has 0 aliphatic heterocycles. The van der Waals surface area contributed by atoms with Crippen LogP contribution in [0.25, 0.3) is 0 Å². The number of rotatable bonds is 3. The molecule has 1 unspecified atom stereocenters. The van der Waals surface area contributed by atoms with Crippen molar-refractivity contribution in [1.29, 1.82) is 0 Å². The summed E-state index contributed by atoms with van der Waals surface area (Å²) >= 11 is 0. The average Bonchev–Trinajstić information content (AvgIpc) is 2.48. The molecule has 0 radical (unpaired) electrons. The molecule has 1 aromatic carbocycles. The van der Waals surface area contributed by atoms with Gasteiger partial charge in [-0.1, -0.05) is 6.07 Å². The number of anilines is 2. The van der Waals surface area contributed by atoms with Gasteiger partial charge in [-0.3, -0.25) is 10.1 Å². The zero-order valence-electron chi connectivity index (χ0n) is 12.4. The number of aromatic nitrogens is 1. The first-order valence-electron chi connectivity index (χ1n) is 7.30. The molecule has 3 rings (SSSR count). The van der Waals surface area contributed by atoms with E-state index in [2.05, 4.69) is 10.3 Å². The van der Waals surface area contributed by atoms with Crippen molar-refractivity contribution in [3.63, 3.8) is 0 Å². The highest BCUT2D eigenvalue weighted by atomic mass is 16.6. The first-order valence-corrected chi connectivity index (χ1v) is 7.30. The lowest BCUT2D eigenvalue weighted by atomic mass is 9.87. The molecule has 6 heteroatoms. The van der Waals surface area contributed by atoms with Crippen LogP contribution in [-0.2, 0) is 6.42 Å². The normalized spacial score (nSPS) is 16.9. The van der Waals surface area contributed by atoms with E-state index in [0.29, 0.717) is 5.82 Å². The predicted molar refractivity (Wildman–Crippen MR) is 85.8 cm³/mol. The van der Waals surface area contributed by atoms with Crippen molar-refractivity contribution in [1.82, 2.24) is 4.98 Å². The molecule has 0 fully saturated rings. The maximum atomic E-state index is 11.2. The number of fused-ring (bicyclic) bond motifs is 1. The average molecular weight is 298 g/mol. The first kappa shape index (κ1) is 14.3. The number of hydrogen-bond donors (Lipinski definition) is 2. The van der Waals surface area contributed by atoms with E-state index < -0.39 is 4.92 Å². The molecule has 3 N–H and O–H groups in total. The summed E-state index contributed by atoms with van der Waals surface area (Å²) in [7, 11) is 0. The number of benzene rings is 1. The van der Waals surface area contributed by atoms with Gasteiger partial charge in [0.2, 0.25) is 5.82 Å². The molecule has 1 aromatic heterocycles. The van der Waals surface area contributed by atoms with Crippen LogP contribution in [0.2, 0.25) is 0 Å². The third kappa shape index (κ3) is 2.72. The lowest BCUT2D eigenvalue weighted by Gasteiger charge is -2.27. The molecule has 0 saturated carbocycles. The number of nitrogens with two attached hydrogens (primary N) is 1. The predicted octanol–water partition coefficient (Wildman–Crippen LogP) is 3.37. The highest BCUT2D eigenvalue weighted by Gasteiger charge is 2.24. The molecular weight excluding hydrogens is 280 g/mol. The Balaban J connectivity index is 1.94. The number of nitrogens with one attached hydrogen (secondary N) is 1. The van der Waals surface area contributed by atoms with Crippen LogP contribution in [0.3, 0.4) is 0 Å². The number of nitrogens with zero attached hydrogens (tertiary/aromatic N) is 2. The van der Waals surface area contributed by atoms with Crippen molar-refractivity contribution in [3.05, 3.63) is 57.3 Å². The van der Waals surface area contributed by atoms with Gasteiger partial charge in [-0.25, -0.2) is 4.98 Å². The van der Waals surface area contributed by atoms with Gasteiger partial charge in [0.25, 0.3) is 0 Å². The summed E-state index contributed by atoms with van der Waals surface area (Å²) in [6.45, 7) is 1.79. The van der Waals surface area contributed by atoms with E-state index in [9.17, 15) is 10.1 Å². The Morgan fingerprint density at radius 2 is 2.23 bits per heavy atom. The van der Waals surface area contributed by atoms with Crippen LogP contribution in [0.5, 0.6) is 0 Å². The maximum absolute atomic E-state index is 11.2. The standard InChI is InChI=1S/C16H18N4O2/c1-10-7-15(20(21)22)16(18-9-10)19-14-4-2-3-11-8-12(17)5-6-13(11)14/h5-9,14H,2-4,17H2,1H3,(H,18,19). The summed E-state index contributed by atoms with van der Waals surface area (Å²) in [5.41, 5.74) is 9.73. The summed E-state index contributed by atoms with van der Waals surface area (Å²) in [5.74, 6) is 0.324. The van der Waals surface area contributed by atoms with E-state index in [1.807, 2.05) is 18.2 Å². The van der Waals surface area contributed by atoms with Crippen molar-refractivity contribution in [2.24, 2.45) is 0 Å². The van der Waals surface area contributed by atoms with Crippen LogP contribution in [0.1, 0.15) is 35.6 Å². The minimum atomic E-state index is -0.394. The Hall–Kier alpha value is -2.63. The maximum Gasteiger partial charge on any atom is 0.311 e. The lowest BCUT2D eigenvalue weighted by molar-refractivity contribution is -0.384. The fourth-order valence-electron chi connectivity index (χ4n) is 2.95. The highest BCUT2D eigenvalue weighted by Crippen LogP contribution is 2.35. The van der Waals surface area contributed by atoms with Crippen LogP contribution in [0.15, 0.2) is 30.5 Å². The monoisotopic (exact) mass is 298 g/mol. The number of nitro groups is 1. The molecule has 0 saturated heterocycles. The zero-order valence-corrected chi connectivity index (χ0v) is 12.4. The lowest BCUT2D eigenvalue weighted by Crippen LogP contribution is -2.19. The van der Waals surface area contributed by atoms with Gasteiger partial charge in [0.15, 0.2) is 0 Å². The van der Waals surface area contributed by atoms with Gasteiger partial charge in [-0.15, -0.1) is 0 Å². The summed E-state index contributed by atoms with van der Waals surface area (Å²) in [5, 5.41) is 14.5. The fourth-order valence-corrected chi connectivity index (χ4v) is 2.95. The quantitative estimate of drug-likeness (QED) is 0.514. The van der Waals surface area contributed by atoms with Crippen molar-refractivity contribution < 1.29 is 4.92 Å². The Kier molecular flexibility index (Phi) is 3.66. The van der Waals surface area contributed by atoms with Crippen LogP contribution < -0.4 is 11.1 Å². The van der Waals surface area contributed by atoms with Gasteiger partial charge in [0, 0.05) is 18.0 Å². The van der Waals surface area contributed by atoms with E-state index in [0.717, 1.165) is 36.1 Å². The number of aryl methyl sites for hydroxylation is 2. The van der Waals surface area contributed by atoms with Gasteiger partial charge in [0.05, 0.1) is 11.0 Å². The van der Waals surface area contributed by atoms with E-state index in [-0.39, 0.29) is 11.7 Å². The number of pyridine rings is 1. The molecular formula is C16H18N4O2. The highest BCUT2D eigenvalue weighted by molar-refractivity contribution is 5.58. The number of hydrogen-bond acceptors (Lipinski definition) is 5. The molecule has 0 amide bonds. The molecule has 114 valence electrons. The minimum absolute atomic E-state index is 0.0163. The van der Waals surface area contributed by atoms with Crippen molar-refractivity contribution in [2.45, 2.75) is 32.2 Å². The summed E-state index contributed by atoms with van der Waals surface area (Å²) < 4.78 is 0. The molecule has 2 aromatic rings. The van der Waals surface area contributed by atoms with Crippen molar-refractivity contribution in [2.75, 3.05) is 11.1 Å². The second kappa shape index (κ2) is 5.63. The zero-order chi connectivity index (χ0) is 15.7. The van der Waals surface area contributed by atoms with Gasteiger partial charge >= 0.3 is 5.69 Å². The molecule has 1 heterocycles. The number of nitrogen functional groups attached to an aromatic ring is 1. The van der Waals surface area contributed by atoms with E-state index >= 15 is 0 Å². The topological polar surface area (TPSA) is 94.1 Å². The Labute approximate surface area is 128 Å². The smallest absolute Gasteiger partial charge is 0.311 e. The SMILES string of the molecule is Cc1cnc(NC2CCCc3cc(N)ccc32)c([N+](=O)[O-])c1. The van der Waals surface area contributed by atoms with Crippen LogP contribution in [-0.4, -0.2) is 9.91 Å². The second-order valence-electron chi connectivity index (χ2n) is 5.68. The summed E-state index contributed by atoms with van der Waals surface area (Å²) in [6.07, 6.45) is 4.57. The minimum Gasteiger partial charge on any atom is -0.399 e. The van der Waals surface area contributed by atoms with Crippen LogP contribution >= 0.6 is 0 Å². The Morgan fingerprint density at radius 3 is 3.00 bits per heavy atom. The van der Waals surface area contributed by atoms with Crippen LogP contribution in [0, 0.1) is 17.0 Å². The van der Waals surface area contributed by atoms with Gasteiger partial charge in [-0.2, -0.15) is 0 Å². The Bertz CT molecular complexity index is 730. The van der Waals surface area contributed by atoms with Crippen molar-refractivity contribution in [3.8, 4) is 0 Å². The third-order valence-electron chi connectivity index (χ3n) is 3.99. The van der Waals surface area contributed by atoms with E-state index in [1.165, 1.54) is 5.56 Å².